The Balaban J connectivity index is 2.02. The van der Waals surface area contributed by atoms with Crippen molar-refractivity contribution in [3.8, 4) is 0 Å². The molecule has 0 spiro atoms. The zero-order valence-electron chi connectivity index (χ0n) is 11.9. The lowest BCUT2D eigenvalue weighted by Crippen LogP contribution is -2.40. The summed E-state index contributed by atoms with van der Waals surface area (Å²) in [5, 5.41) is 3.08. The maximum absolute atomic E-state index is 13.2. The van der Waals surface area contributed by atoms with E-state index in [1.54, 1.807) is 19.1 Å². The monoisotopic (exact) mass is 263 g/mol. The van der Waals surface area contributed by atoms with Gasteiger partial charge in [-0.1, -0.05) is 20.3 Å². The van der Waals surface area contributed by atoms with Crippen LogP contribution in [0.2, 0.25) is 0 Å². The van der Waals surface area contributed by atoms with Crippen LogP contribution in [-0.2, 0) is 0 Å². The van der Waals surface area contributed by atoms with Crippen LogP contribution in [0.25, 0.3) is 0 Å². The van der Waals surface area contributed by atoms with Gasteiger partial charge in [-0.25, -0.2) is 4.39 Å². The molecule has 1 N–H and O–H groups in total. The number of halogens is 1. The molecule has 0 radical (unpaired) electrons. The Morgan fingerprint density at radius 2 is 2.16 bits per heavy atom. The summed E-state index contributed by atoms with van der Waals surface area (Å²) in [5.74, 6) is -0.360. The third kappa shape index (κ3) is 3.55. The zero-order chi connectivity index (χ0) is 14.0. The van der Waals surface area contributed by atoms with Crippen LogP contribution in [-0.4, -0.2) is 11.9 Å². The predicted octanol–water partition coefficient (Wildman–Crippen LogP) is 3.83. The summed E-state index contributed by atoms with van der Waals surface area (Å²) < 4.78 is 13.2. The number of benzene rings is 1. The second-order valence-electron chi connectivity index (χ2n) is 6.39. The first-order valence-corrected chi connectivity index (χ1v) is 6.94. The third-order valence-corrected chi connectivity index (χ3v) is 3.96. The first-order valence-electron chi connectivity index (χ1n) is 6.94. The van der Waals surface area contributed by atoms with E-state index >= 15 is 0 Å². The fraction of sp³-hybridized carbons (Fsp3) is 0.562. The number of hydrogen-bond acceptors (Lipinski definition) is 1. The quantitative estimate of drug-likeness (QED) is 0.863. The first-order chi connectivity index (χ1) is 8.87. The first kappa shape index (κ1) is 14.0. The standard InChI is InChI=1S/C16H22FNO/c1-11-9-12(6-7-14(11)17)15(19)18-13-5-4-8-16(2,3)10-13/h6-7,9,13H,4-5,8,10H2,1-3H3,(H,18,19). The molecule has 19 heavy (non-hydrogen) atoms. The molecule has 1 amide bonds. The molecule has 1 aromatic rings. The van der Waals surface area contributed by atoms with Gasteiger partial charge in [-0.05, 0) is 55.4 Å². The maximum atomic E-state index is 13.2. The average molecular weight is 263 g/mol. The molecule has 1 aliphatic carbocycles. The number of carbonyl (C=O) groups excluding carboxylic acids is 1. The largest absolute Gasteiger partial charge is 0.349 e. The lowest BCUT2D eigenvalue weighted by atomic mass is 9.75. The van der Waals surface area contributed by atoms with E-state index in [9.17, 15) is 9.18 Å². The zero-order valence-corrected chi connectivity index (χ0v) is 11.9. The highest BCUT2D eigenvalue weighted by Gasteiger charge is 2.28. The Morgan fingerprint density at radius 3 is 2.79 bits per heavy atom. The SMILES string of the molecule is Cc1cc(C(=O)NC2CCCC(C)(C)C2)ccc1F. The smallest absolute Gasteiger partial charge is 0.251 e. The average Bonchev–Trinajstić information content (AvgIpc) is 2.31. The second-order valence-corrected chi connectivity index (χ2v) is 6.39. The van der Waals surface area contributed by atoms with Crippen molar-refractivity contribution in [2.45, 2.75) is 52.5 Å². The van der Waals surface area contributed by atoms with Gasteiger partial charge in [0.1, 0.15) is 5.82 Å². The van der Waals surface area contributed by atoms with Crippen LogP contribution in [0, 0.1) is 18.2 Å². The molecule has 1 unspecified atom stereocenters. The summed E-state index contributed by atoms with van der Waals surface area (Å²) in [4.78, 5) is 12.2. The summed E-state index contributed by atoms with van der Waals surface area (Å²) >= 11 is 0. The van der Waals surface area contributed by atoms with Gasteiger partial charge in [0.25, 0.3) is 5.91 Å². The predicted molar refractivity (Wildman–Crippen MR) is 74.6 cm³/mol. The van der Waals surface area contributed by atoms with Crippen molar-refractivity contribution >= 4 is 5.91 Å². The Bertz CT molecular complexity index is 482. The van der Waals surface area contributed by atoms with Crippen LogP contribution in [0.1, 0.15) is 55.5 Å². The van der Waals surface area contributed by atoms with Gasteiger partial charge in [0.05, 0.1) is 0 Å². The van der Waals surface area contributed by atoms with Gasteiger partial charge in [-0.15, -0.1) is 0 Å². The number of carbonyl (C=O) groups is 1. The van der Waals surface area contributed by atoms with Crippen molar-refractivity contribution < 1.29 is 9.18 Å². The number of nitrogens with one attached hydrogen (secondary N) is 1. The summed E-state index contributed by atoms with van der Waals surface area (Å²) in [5.41, 5.74) is 1.36. The summed E-state index contributed by atoms with van der Waals surface area (Å²) in [6, 6.07) is 4.75. The molecule has 1 saturated carbocycles. The second kappa shape index (κ2) is 5.32. The highest BCUT2D eigenvalue weighted by Crippen LogP contribution is 2.35. The van der Waals surface area contributed by atoms with Crippen LogP contribution in [0.3, 0.4) is 0 Å². The number of aryl methyl sites for hydroxylation is 1. The summed E-state index contributed by atoms with van der Waals surface area (Å²) in [7, 11) is 0. The maximum Gasteiger partial charge on any atom is 0.251 e. The van der Waals surface area contributed by atoms with Gasteiger partial charge < -0.3 is 5.32 Å². The highest BCUT2D eigenvalue weighted by atomic mass is 19.1. The Morgan fingerprint density at radius 1 is 1.42 bits per heavy atom. The topological polar surface area (TPSA) is 29.1 Å². The molecule has 0 aromatic heterocycles. The normalized spacial score (nSPS) is 22.0. The number of hydrogen-bond donors (Lipinski definition) is 1. The Labute approximate surface area is 114 Å². The molecular formula is C16H22FNO. The molecule has 2 rings (SSSR count). The molecule has 1 aromatic carbocycles. The molecule has 1 atom stereocenters. The number of amides is 1. The van der Waals surface area contributed by atoms with Gasteiger partial charge in [0, 0.05) is 11.6 Å². The van der Waals surface area contributed by atoms with E-state index < -0.39 is 0 Å². The minimum atomic E-state index is -0.268. The van der Waals surface area contributed by atoms with Gasteiger partial charge >= 0.3 is 0 Å². The van der Waals surface area contributed by atoms with Gasteiger partial charge in [0.2, 0.25) is 0 Å². The van der Waals surface area contributed by atoms with E-state index in [1.807, 2.05) is 0 Å². The van der Waals surface area contributed by atoms with Gasteiger partial charge in [0.15, 0.2) is 0 Å². The molecule has 1 aliphatic rings. The summed E-state index contributed by atoms with van der Waals surface area (Å²) in [6.45, 7) is 6.16. The minimum absolute atomic E-state index is 0.0919. The van der Waals surface area contributed by atoms with Crippen molar-refractivity contribution in [2.75, 3.05) is 0 Å². The third-order valence-electron chi connectivity index (χ3n) is 3.96. The number of rotatable bonds is 2. The molecular weight excluding hydrogens is 241 g/mol. The van der Waals surface area contributed by atoms with Crippen LogP contribution in [0.15, 0.2) is 18.2 Å². The molecule has 1 fully saturated rings. The van der Waals surface area contributed by atoms with E-state index in [2.05, 4.69) is 19.2 Å². The van der Waals surface area contributed by atoms with Gasteiger partial charge in [-0.3, -0.25) is 4.79 Å². The highest BCUT2D eigenvalue weighted by molar-refractivity contribution is 5.94. The molecule has 0 heterocycles. The lowest BCUT2D eigenvalue weighted by Gasteiger charge is -2.35. The van der Waals surface area contributed by atoms with Crippen molar-refractivity contribution in [3.05, 3.63) is 35.1 Å². The van der Waals surface area contributed by atoms with Crippen molar-refractivity contribution in [2.24, 2.45) is 5.41 Å². The van der Waals surface area contributed by atoms with Gasteiger partial charge in [-0.2, -0.15) is 0 Å². The minimum Gasteiger partial charge on any atom is -0.349 e. The van der Waals surface area contributed by atoms with Crippen LogP contribution < -0.4 is 5.32 Å². The molecule has 2 nitrogen and oxygen atoms in total. The summed E-state index contributed by atoms with van der Waals surface area (Å²) in [6.07, 6.45) is 4.42. The molecule has 0 aliphatic heterocycles. The van der Waals surface area contributed by atoms with E-state index in [4.69, 9.17) is 0 Å². The van der Waals surface area contributed by atoms with E-state index in [1.165, 1.54) is 12.5 Å². The van der Waals surface area contributed by atoms with Crippen LogP contribution >= 0.6 is 0 Å². The van der Waals surface area contributed by atoms with E-state index in [0.29, 0.717) is 16.5 Å². The van der Waals surface area contributed by atoms with E-state index in [0.717, 1.165) is 19.3 Å². The lowest BCUT2D eigenvalue weighted by molar-refractivity contribution is 0.0902. The Kier molecular flexibility index (Phi) is 3.93. The van der Waals surface area contributed by atoms with Crippen LogP contribution in [0.4, 0.5) is 4.39 Å². The fourth-order valence-corrected chi connectivity index (χ4v) is 2.88. The fourth-order valence-electron chi connectivity index (χ4n) is 2.88. The molecule has 0 bridgehead atoms. The van der Waals surface area contributed by atoms with Crippen molar-refractivity contribution in [1.82, 2.24) is 5.32 Å². The Hall–Kier alpha value is -1.38. The van der Waals surface area contributed by atoms with Crippen molar-refractivity contribution in [3.63, 3.8) is 0 Å². The van der Waals surface area contributed by atoms with Crippen LogP contribution in [0.5, 0.6) is 0 Å². The molecule has 3 heteroatoms. The van der Waals surface area contributed by atoms with E-state index in [-0.39, 0.29) is 17.8 Å². The molecule has 0 saturated heterocycles. The molecule has 104 valence electrons. The van der Waals surface area contributed by atoms with Crippen molar-refractivity contribution in [1.29, 1.82) is 0 Å².